The molecular formula is C17H17N3O2S2. The lowest BCUT2D eigenvalue weighted by Crippen LogP contribution is -2.31. The molecule has 5 nitrogen and oxygen atoms in total. The standard InChI is InChI=1S/C17H17N3O2S2/c1-10-15(11(2)22-19-10)13-5-3-7-20(13)17(21)12-9-24-16(18-12)14-6-4-8-23-14/h4,6,8-9,13H,3,5,7H2,1-2H3/t13-/m1/s1. The number of nitrogens with zero attached hydrogens (tertiary/aromatic N) is 3. The zero-order valence-electron chi connectivity index (χ0n) is 13.5. The fourth-order valence-electron chi connectivity index (χ4n) is 3.31. The molecule has 1 fully saturated rings. The van der Waals surface area contributed by atoms with Crippen LogP contribution in [0.4, 0.5) is 0 Å². The lowest BCUT2D eigenvalue weighted by atomic mass is 10.0. The Labute approximate surface area is 147 Å². The highest BCUT2D eigenvalue weighted by Crippen LogP contribution is 2.37. The zero-order chi connectivity index (χ0) is 16.7. The van der Waals surface area contributed by atoms with Crippen LogP contribution in [0.1, 0.15) is 46.4 Å². The third-order valence-corrected chi connectivity index (χ3v) is 6.27. The quantitative estimate of drug-likeness (QED) is 0.693. The average Bonchev–Trinajstić information content (AvgIpc) is 3.34. The second kappa shape index (κ2) is 6.14. The summed E-state index contributed by atoms with van der Waals surface area (Å²) in [6.45, 7) is 4.60. The second-order valence-electron chi connectivity index (χ2n) is 5.91. The van der Waals surface area contributed by atoms with Crippen molar-refractivity contribution in [2.45, 2.75) is 32.7 Å². The minimum Gasteiger partial charge on any atom is -0.361 e. The van der Waals surface area contributed by atoms with Crippen molar-refractivity contribution in [3.05, 3.63) is 45.6 Å². The van der Waals surface area contributed by atoms with Crippen molar-refractivity contribution in [2.75, 3.05) is 6.54 Å². The maximum Gasteiger partial charge on any atom is 0.273 e. The van der Waals surface area contributed by atoms with Crippen molar-refractivity contribution in [2.24, 2.45) is 0 Å². The van der Waals surface area contributed by atoms with Gasteiger partial charge in [-0.25, -0.2) is 4.98 Å². The van der Waals surface area contributed by atoms with E-state index in [2.05, 4.69) is 10.1 Å². The molecule has 7 heteroatoms. The molecule has 1 atom stereocenters. The van der Waals surface area contributed by atoms with Gasteiger partial charge in [-0.15, -0.1) is 22.7 Å². The van der Waals surface area contributed by atoms with Gasteiger partial charge in [0, 0.05) is 17.5 Å². The Morgan fingerprint density at radius 3 is 2.96 bits per heavy atom. The molecule has 1 aliphatic rings. The summed E-state index contributed by atoms with van der Waals surface area (Å²) in [5.41, 5.74) is 2.45. The third-order valence-electron chi connectivity index (χ3n) is 4.39. The number of hydrogen-bond donors (Lipinski definition) is 0. The Balaban J connectivity index is 1.62. The highest BCUT2D eigenvalue weighted by atomic mass is 32.1. The van der Waals surface area contributed by atoms with Crippen LogP contribution in [0.25, 0.3) is 9.88 Å². The first-order valence-electron chi connectivity index (χ1n) is 7.88. The lowest BCUT2D eigenvalue weighted by Gasteiger charge is -2.23. The fraction of sp³-hybridized carbons (Fsp3) is 0.353. The largest absolute Gasteiger partial charge is 0.361 e. The predicted molar refractivity (Wildman–Crippen MR) is 94.4 cm³/mol. The molecule has 3 aromatic rings. The lowest BCUT2D eigenvalue weighted by molar-refractivity contribution is 0.0729. The van der Waals surface area contributed by atoms with Gasteiger partial charge in [0.05, 0.1) is 16.6 Å². The number of carbonyl (C=O) groups is 1. The van der Waals surface area contributed by atoms with Gasteiger partial charge in [0.2, 0.25) is 0 Å². The topological polar surface area (TPSA) is 59.2 Å². The number of amides is 1. The van der Waals surface area contributed by atoms with E-state index in [0.717, 1.165) is 46.3 Å². The molecular weight excluding hydrogens is 342 g/mol. The van der Waals surface area contributed by atoms with E-state index in [-0.39, 0.29) is 11.9 Å². The summed E-state index contributed by atoms with van der Waals surface area (Å²) >= 11 is 3.16. The summed E-state index contributed by atoms with van der Waals surface area (Å²) in [5, 5.41) is 8.83. The molecule has 0 unspecified atom stereocenters. The Morgan fingerprint density at radius 2 is 2.25 bits per heavy atom. The van der Waals surface area contributed by atoms with Crippen LogP contribution in [-0.4, -0.2) is 27.5 Å². The third kappa shape index (κ3) is 2.57. The Kier molecular flexibility index (Phi) is 3.97. The number of hydrogen-bond acceptors (Lipinski definition) is 6. The smallest absolute Gasteiger partial charge is 0.273 e. The minimum absolute atomic E-state index is 0.00319. The second-order valence-corrected chi connectivity index (χ2v) is 7.72. The number of rotatable bonds is 3. The summed E-state index contributed by atoms with van der Waals surface area (Å²) in [4.78, 5) is 20.6. The summed E-state index contributed by atoms with van der Waals surface area (Å²) < 4.78 is 5.29. The van der Waals surface area contributed by atoms with E-state index in [1.165, 1.54) is 11.3 Å². The monoisotopic (exact) mass is 359 g/mol. The maximum absolute atomic E-state index is 13.0. The van der Waals surface area contributed by atoms with Crippen LogP contribution in [0.5, 0.6) is 0 Å². The van der Waals surface area contributed by atoms with Crippen LogP contribution < -0.4 is 0 Å². The van der Waals surface area contributed by atoms with Gasteiger partial charge in [-0.2, -0.15) is 0 Å². The zero-order valence-corrected chi connectivity index (χ0v) is 15.1. The van der Waals surface area contributed by atoms with Crippen LogP contribution in [0.2, 0.25) is 0 Å². The number of thiazole rings is 1. The molecule has 0 spiro atoms. The van der Waals surface area contributed by atoms with E-state index < -0.39 is 0 Å². The first kappa shape index (κ1) is 15.5. The highest BCUT2D eigenvalue weighted by molar-refractivity contribution is 7.20. The molecule has 4 heterocycles. The highest BCUT2D eigenvalue weighted by Gasteiger charge is 2.35. The maximum atomic E-state index is 13.0. The first-order valence-corrected chi connectivity index (χ1v) is 9.64. The van der Waals surface area contributed by atoms with Gasteiger partial charge in [0.1, 0.15) is 16.5 Å². The molecule has 1 saturated heterocycles. The van der Waals surface area contributed by atoms with Gasteiger partial charge < -0.3 is 9.42 Å². The van der Waals surface area contributed by atoms with Crippen molar-refractivity contribution in [3.8, 4) is 9.88 Å². The van der Waals surface area contributed by atoms with E-state index in [1.807, 2.05) is 41.6 Å². The number of likely N-dealkylation sites (tertiary alicyclic amines) is 1. The van der Waals surface area contributed by atoms with Crippen LogP contribution in [-0.2, 0) is 0 Å². The van der Waals surface area contributed by atoms with Gasteiger partial charge in [0.15, 0.2) is 0 Å². The van der Waals surface area contributed by atoms with E-state index in [9.17, 15) is 4.79 Å². The minimum atomic E-state index is -0.00319. The average molecular weight is 359 g/mol. The van der Waals surface area contributed by atoms with E-state index >= 15 is 0 Å². The molecule has 0 radical (unpaired) electrons. The van der Waals surface area contributed by atoms with Crippen molar-refractivity contribution in [3.63, 3.8) is 0 Å². The molecule has 0 aromatic carbocycles. The van der Waals surface area contributed by atoms with E-state index in [1.54, 1.807) is 11.3 Å². The van der Waals surface area contributed by atoms with E-state index in [4.69, 9.17) is 4.52 Å². The molecule has 1 amide bonds. The van der Waals surface area contributed by atoms with Crippen molar-refractivity contribution >= 4 is 28.6 Å². The SMILES string of the molecule is Cc1noc(C)c1[C@H]1CCCN1C(=O)c1csc(-c2cccs2)n1. The van der Waals surface area contributed by atoms with Gasteiger partial charge in [-0.1, -0.05) is 11.2 Å². The van der Waals surface area contributed by atoms with Crippen molar-refractivity contribution < 1.29 is 9.32 Å². The fourth-order valence-corrected chi connectivity index (χ4v) is 4.92. The van der Waals surface area contributed by atoms with Crippen LogP contribution in [0.15, 0.2) is 27.4 Å². The Hall–Kier alpha value is -1.99. The Bertz CT molecular complexity index is 847. The molecule has 0 aliphatic carbocycles. The van der Waals surface area contributed by atoms with Crippen LogP contribution in [0.3, 0.4) is 0 Å². The molecule has 0 bridgehead atoms. The Morgan fingerprint density at radius 1 is 1.38 bits per heavy atom. The summed E-state index contributed by atoms with van der Waals surface area (Å²) in [5.74, 6) is 0.798. The summed E-state index contributed by atoms with van der Waals surface area (Å²) in [6.07, 6.45) is 1.93. The van der Waals surface area contributed by atoms with Gasteiger partial charge in [0.25, 0.3) is 5.91 Å². The summed E-state index contributed by atoms with van der Waals surface area (Å²) in [7, 11) is 0. The number of aryl methyl sites for hydroxylation is 2. The van der Waals surface area contributed by atoms with E-state index in [0.29, 0.717) is 5.69 Å². The predicted octanol–water partition coefficient (Wildman–Crippen LogP) is 4.45. The molecule has 0 saturated carbocycles. The first-order chi connectivity index (χ1) is 11.6. The van der Waals surface area contributed by atoms with Gasteiger partial charge >= 0.3 is 0 Å². The normalized spacial score (nSPS) is 17.6. The number of carbonyl (C=O) groups excluding carboxylic acids is 1. The number of thiophene rings is 1. The molecule has 24 heavy (non-hydrogen) atoms. The van der Waals surface area contributed by atoms with Crippen molar-refractivity contribution in [1.82, 2.24) is 15.0 Å². The van der Waals surface area contributed by atoms with Crippen molar-refractivity contribution in [1.29, 1.82) is 0 Å². The molecule has 124 valence electrons. The summed E-state index contributed by atoms with van der Waals surface area (Å²) in [6, 6.07) is 4.06. The van der Waals surface area contributed by atoms with Crippen LogP contribution >= 0.6 is 22.7 Å². The number of aromatic nitrogens is 2. The molecule has 3 aromatic heterocycles. The molecule has 4 rings (SSSR count). The molecule has 0 N–H and O–H groups in total. The van der Waals surface area contributed by atoms with Gasteiger partial charge in [-0.3, -0.25) is 4.79 Å². The van der Waals surface area contributed by atoms with Crippen LogP contribution in [0, 0.1) is 13.8 Å². The molecule has 1 aliphatic heterocycles. The van der Waals surface area contributed by atoms with Gasteiger partial charge in [-0.05, 0) is 38.1 Å².